The molecule has 0 aliphatic heterocycles. The summed E-state index contributed by atoms with van der Waals surface area (Å²) < 4.78 is 6.31. The molecule has 2 spiro atoms. The van der Waals surface area contributed by atoms with Crippen LogP contribution >= 0.6 is 0 Å². The minimum atomic E-state index is 0.0715. The van der Waals surface area contributed by atoms with E-state index in [1.807, 2.05) is 0 Å². The summed E-state index contributed by atoms with van der Waals surface area (Å²) in [6.45, 7) is 21.7. The van der Waals surface area contributed by atoms with Crippen molar-refractivity contribution in [1.29, 1.82) is 0 Å². The molecule has 5 fully saturated rings. The molecule has 2 heteroatoms. The van der Waals surface area contributed by atoms with Gasteiger partial charge in [-0.2, -0.15) is 0 Å². The molecular weight excluding hydrogens is 609 g/mol. The van der Waals surface area contributed by atoms with Crippen molar-refractivity contribution in [2.75, 3.05) is 0 Å². The number of fused-ring (bicyclic) bond motifs is 2. The zero-order valence-corrected chi connectivity index (χ0v) is 33.9. The number of unbranched alkanes of at least 4 members (excludes halogenated alkanes) is 5. The van der Waals surface area contributed by atoms with E-state index in [1.54, 1.807) is 0 Å². The van der Waals surface area contributed by atoms with Crippen LogP contribution in [0, 0.1) is 57.2 Å². The molecule has 0 aromatic heterocycles. The van der Waals surface area contributed by atoms with Crippen LogP contribution in [0.4, 0.5) is 0 Å². The summed E-state index contributed by atoms with van der Waals surface area (Å²) in [6, 6.07) is 0. The molecule has 10 unspecified atom stereocenters. The van der Waals surface area contributed by atoms with Crippen molar-refractivity contribution in [2.24, 2.45) is 57.2 Å². The fourth-order valence-electron chi connectivity index (χ4n) is 13.1. The Morgan fingerprint density at radius 3 is 2.22 bits per heavy atom. The van der Waals surface area contributed by atoms with Crippen molar-refractivity contribution in [3.8, 4) is 0 Å². The summed E-state index contributed by atoms with van der Waals surface area (Å²) >= 11 is 0. The molecule has 5 aliphatic carbocycles. The molecule has 0 radical (unpaired) electrons. The van der Waals surface area contributed by atoms with Crippen molar-refractivity contribution in [3.05, 3.63) is 48.6 Å². The van der Waals surface area contributed by atoms with Gasteiger partial charge in [0.05, 0.1) is 0 Å². The Hall–Kier alpha value is -1.57. The third-order valence-corrected chi connectivity index (χ3v) is 16.4. The van der Waals surface area contributed by atoms with Crippen LogP contribution in [0.2, 0.25) is 0 Å². The highest BCUT2D eigenvalue weighted by atomic mass is 16.5. The molecule has 5 aliphatic rings. The molecule has 0 heterocycles. The lowest BCUT2D eigenvalue weighted by atomic mass is 9.43. The molecule has 0 bridgehead atoms. The maximum Gasteiger partial charge on any atom is 0.306 e. The van der Waals surface area contributed by atoms with Crippen LogP contribution in [0.1, 0.15) is 183 Å². The molecule has 282 valence electrons. The van der Waals surface area contributed by atoms with Crippen LogP contribution in [0.5, 0.6) is 0 Å². The Morgan fingerprint density at radius 2 is 1.48 bits per heavy atom. The first-order chi connectivity index (χ1) is 24.0. The summed E-state index contributed by atoms with van der Waals surface area (Å²) in [5, 5.41) is 0. The molecule has 0 N–H and O–H groups in total. The Labute approximate surface area is 309 Å². The van der Waals surface area contributed by atoms with Gasteiger partial charge in [0, 0.05) is 6.42 Å². The van der Waals surface area contributed by atoms with Gasteiger partial charge in [0.1, 0.15) is 6.10 Å². The maximum absolute atomic E-state index is 13.0. The van der Waals surface area contributed by atoms with Crippen molar-refractivity contribution >= 4 is 5.97 Å². The topological polar surface area (TPSA) is 26.3 Å². The third-order valence-electron chi connectivity index (χ3n) is 16.4. The average molecular weight is 687 g/mol. The summed E-state index contributed by atoms with van der Waals surface area (Å²) in [7, 11) is 0. The van der Waals surface area contributed by atoms with E-state index in [4.69, 9.17) is 4.74 Å². The minimum Gasteiger partial charge on any atom is -0.462 e. The quantitative estimate of drug-likeness (QED) is 0.0768. The number of ether oxygens (including phenoxy) is 1. The van der Waals surface area contributed by atoms with Crippen molar-refractivity contribution in [2.45, 2.75) is 189 Å². The number of hydrogen-bond donors (Lipinski definition) is 0. The number of esters is 1. The van der Waals surface area contributed by atoms with Crippen LogP contribution in [-0.2, 0) is 9.53 Å². The maximum atomic E-state index is 13.0. The fourth-order valence-corrected chi connectivity index (χ4v) is 13.1. The van der Waals surface area contributed by atoms with E-state index in [1.165, 1.54) is 95.5 Å². The average Bonchev–Trinajstić information content (AvgIpc) is 3.67. The van der Waals surface area contributed by atoms with Gasteiger partial charge < -0.3 is 4.74 Å². The first-order valence-electron chi connectivity index (χ1n) is 21.8. The number of hydrogen-bond acceptors (Lipinski definition) is 2. The number of rotatable bonds is 19. The van der Waals surface area contributed by atoms with Crippen molar-refractivity contribution in [3.63, 3.8) is 0 Å². The number of carbonyl (C=O) groups is 1. The van der Waals surface area contributed by atoms with Gasteiger partial charge >= 0.3 is 5.97 Å². The lowest BCUT2D eigenvalue weighted by Crippen LogP contribution is -2.56. The normalized spacial score (nSPS) is 38.3. The second-order valence-corrected chi connectivity index (χ2v) is 19.1. The molecule has 10 atom stereocenters. The lowest BCUT2D eigenvalue weighted by molar-refractivity contribution is -0.167. The Kier molecular flexibility index (Phi) is 13.5. The number of carbonyl (C=O) groups excluding carboxylic acids is 1. The first-order valence-corrected chi connectivity index (χ1v) is 21.8. The highest BCUT2D eigenvalue weighted by Gasteiger charge is 2.81. The van der Waals surface area contributed by atoms with Crippen LogP contribution in [0.15, 0.2) is 48.6 Å². The van der Waals surface area contributed by atoms with E-state index in [9.17, 15) is 4.79 Å². The van der Waals surface area contributed by atoms with Gasteiger partial charge in [-0.1, -0.05) is 116 Å². The van der Waals surface area contributed by atoms with Crippen LogP contribution < -0.4 is 0 Å². The zero-order valence-electron chi connectivity index (χ0n) is 33.9. The SMILES string of the molecule is C=C(CCC(C)C1CCC2(C)C3CCC4C(C)C(OC(=O)CCCCCCCC=CCC=CCC=CCC)CCC45CC35CCC12C)C(C)C. The fraction of sp³-hybridized carbons (Fsp3) is 0.812. The predicted molar refractivity (Wildman–Crippen MR) is 214 cm³/mol. The Morgan fingerprint density at radius 1 is 0.780 bits per heavy atom. The monoisotopic (exact) mass is 687 g/mol. The standard InChI is InChI=1S/C48H78O2/c1-9-10-11-12-13-14-15-16-17-18-19-20-21-22-23-24-44(49)50-42-30-32-47-35-48(47)34-33-45(7)40(38(5)26-25-37(4)36(2)3)29-31-46(45,8)43(48)28-27-41(47)39(42)6/h10-11,13-14,16-17,36,38-43H,4,9,12,15,18-35H2,1-3,5-8H3. The molecule has 50 heavy (non-hydrogen) atoms. The van der Waals surface area contributed by atoms with Gasteiger partial charge in [-0.25, -0.2) is 0 Å². The van der Waals surface area contributed by atoms with E-state index in [0.717, 1.165) is 62.2 Å². The van der Waals surface area contributed by atoms with Gasteiger partial charge in [-0.15, -0.1) is 0 Å². The van der Waals surface area contributed by atoms with Gasteiger partial charge in [-0.3, -0.25) is 4.79 Å². The van der Waals surface area contributed by atoms with Gasteiger partial charge in [0.25, 0.3) is 0 Å². The van der Waals surface area contributed by atoms with E-state index in [2.05, 4.69) is 91.5 Å². The van der Waals surface area contributed by atoms with E-state index in [-0.39, 0.29) is 12.1 Å². The highest BCUT2D eigenvalue weighted by Crippen LogP contribution is 2.88. The smallest absolute Gasteiger partial charge is 0.306 e. The predicted octanol–water partition coefficient (Wildman–Crippen LogP) is 14.2. The summed E-state index contributed by atoms with van der Waals surface area (Å²) in [5.41, 5.74) is 3.53. The zero-order chi connectivity index (χ0) is 36.0. The summed E-state index contributed by atoms with van der Waals surface area (Å²) in [6.07, 6.45) is 39.6. The molecule has 0 aromatic rings. The van der Waals surface area contributed by atoms with E-state index < -0.39 is 0 Å². The molecule has 2 nitrogen and oxygen atoms in total. The van der Waals surface area contributed by atoms with E-state index >= 15 is 0 Å². The molecule has 0 amide bonds. The second kappa shape index (κ2) is 17.1. The Bertz CT molecular complexity index is 1220. The van der Waals surface area contributed by atoms with E-state index in [0.29, 0.717) is 39.9 Å². The number of allylic oxidation sites excluding steroid dienone is 7. The largest absolute Gasteiger partial charge is 0.462 e. The first kappa shape index (κ1) is 39.6. The van der Waals surface area contributed by atoms with Gasteiger partial charge in [0.15, 0.2) is 0 Å². The molecule has 5 rings (SSSR count). The van der Waals surface area contributed by atoms with Crippen LogP contribution in [0.25, 0.3) is 0 Å². The Balaban J connectivity index is 1.03. The summed E-state index contributed by atoms with van der Waals surface area (Å²) in [4.78, 5) is 13.0. The van der Waals surface area contributed by atoms with Gasteiger partial charge in [-0.05, 0) is 166 Å². The molecule has 5 saturated carbocycles. The lowest BCUT2D eigenvalue weighted by Gasteiger charge is -2.62. The summed E-state index contributed by atoms with van der Waals surface area (Å²) in [5.74, 6) is 4.51. The van der Waals surface area contributed by atoms with Crippen LogP contribution in [0.3, 0.4) is 0 Å². The third kappa shape index (κ3) is 7.86. The minimum absolute atomic E-state index is 0.0715. The van der Waals surface area contributed by atoms with Crippen molar-refractivity contribution < 1.29 is 9.53 Å². The molecule has 0 saturated heterocycles. The van der Waals surface area contributed by atoms with Crippen molar-refractivity contribution in [1.82, 2.24) is 0 Å². The second-order valence-electron chi connectivity index (χ2n) is 19.1. The molecule has 0 aromatic carbocycles. The van der Waals surface area contributed by atoms with Gasteiger partial charge in [0.2, 0.25) is 0 Å². The molecular formula is C48H78O2. The van der Waals surface area contributed by atoms with Crippen LogP contribution in [-0.4, -0.2) is 12.1 Å². The highest BCUT2D eigenvalue weighted by molar-refractivity contribution is 5.69.